The number of carbonyl (C=O) groups is 3. The van der Waals surface area contributed by atoms with E-state index in [9.17, 15) is 23.2 Å². The van der Waals surface area contributed by atoms with Crippen LogP contribution in [-0.4, -0.2) is 66.9 Å². The molecule has 3 amide bonds. The van der Waals surface area contributed by atoms with Gasteiger partial charge >= 0.3 is 0 Å². The van der Waals surface area contributed by atoms with Crippen LogP contribution in [0.15, 0.2) is 36.4 Å². The number of piperidine rings is 1. The number of nitrogens with zero attached hydrogens (tertiary/aromatic N) is 2. The van der Waals surface area contributed by atoms with Crippen LogP contribution >= 0.6 is 0 Å². The second-order valence-corrected chi connectivity index (χ2v) is 8.56. The van der Waals surface area contributed by atoms with Crippen molar-refractivity contribution in [1.82, 2.24) is 9.80 Å². The fourth-order valence-corrected chi connectivity index (χ4v) is 4.35. The Morgan fingerprint density at radius 1 is 0.912 bits per heavy atom. The maximum Gasteiger partial charge on any atom is 0.256 e. The smallest absolute Gasteiger partial charge is 0.256 e. The van der Waals surface area contributed by atoms with Gasteiger partial charge in [0.1, 0.15) is 11.6 Å². The second-order valence-electron chi connectivity index (χ2n) is 8.56. The van der Waals surface area contributed by atoms with Gasteiger partial charge in [0.05, 0.1) is 18.8 Å². The number of anilines is 1. The number of hydrogen-bond acceptors (Lipinski definition) is 4. The maximum atomic E-state index is 14.0. The highest BCUT2D eigenvalue weighted by molar-refractivity contribution is 6.00. The van der Waals surface area contributed by atoms with Gasteiger partial charge in [0, 0.05) is 49.4 Å². The third-order valence-corrected chi connectivity index (χ3v) is 6.43. The molecular weight excluding hydrogens is 444 g/mol. The van der Waals surface area contributed by atoms with E-state index >= 15 is 0 Å². The Labute approximate surface area is 196 Å². The predicted octanol–water partition coefficient (Wildman–Crippen LogP) is 3.24. The monoisotopic (exact) mass is 471 g/mol. The fourth-order valence-electron chi connectivity index (χ4n) is 4.35. The minimum absolute atomic E-state index is 0.0863. The van der Waals surface area contributed by atoms with Crippen molar-refractivity contribution in [2.45, 2.75) is 19.8 Å². The van der Waals surface area contributed by atoms with E-state index in [1.807, 2.05) is 6.92 Å². The molecule has 0 bridgehead atoms. The first-order valence-corrected chi connectivity index (χ1v) is 11.4. The highest BCUT2D eigenvalue weighted by Crippen LogP contribution is 2.25. The molecule has 7 nitrogen and oxygen atoms in total. The number of carbonyl (C=O) groups excluding carboxylic acids is 3. The molecule has 34 heavy (non-hydrogen) atoms. The summed E-state index contributed by atoms with van der Waals surface area (Å²) in [6, 6.07) is 8.14. The van der Waals surface area contributed by atoms with E-state index < -0.39 is 17.5 Å². The van der Waals surface area contributed by atoms with Crippen molar-refractivity contribution < 1.29 is 27.9 Å². The molecule has 0 unspecified atom stereocenters. The van der Waals surface area contributed by atoms with E-state index in [1.54, 1.807) is 23.1 Å². The van der Waals surface area contributed by atoms with Gasteiger partial charge in [-0.2, -0.15) is 0 Å². The first-order chi connectivity index (χ1) is 16.3. The van der Waals surface area contributed by atoms with E-state index in [2.05, 4.69) is 5.32 Å². The van der Waals surface area contributed by atoms with Crippen molar-refractivity contribution in [3.05, 3.63) is 64.7 Å². The molecule has 2 aromatic rings. The summed E-state index contributed by atoms with van der Waals surface area (Å²) < 4.78 is 32.4. The van der Waals surface area contributed by atoms with E-state index in [-0.39, 0.29) is 23.3 Å². The van der Waals surface area contributed by atoms with Gasteiger partial charge in [-0.1, -0.05) is 6.07 Å². The summed E-state index contributed by atoms with van der Waals surface area (Å²) in [6.07, 6.45) is 0.845. The lowest BCUT2D eigenvalue weighted by Crippen LogP contribution is -2.42. The van der Waals surface area contributed by atoms with Crippen LogP contribution in [0.5, 0.6) is 0 Å². The molecule has 0 atom stereocenters. The molecule has 2 aliphatic rings. The molecular formula is C25H27F2N3O4. The number of nitrogens with one attached hydrogen (secondary N) is 1. The Kier molecular flexibility index (Phi) is 7.21. The fraction of sp³-hybridized carbons (Fsp3) is 0.400. The van der Waals surface area contributed by atoms with Crippen molar-refractivity contribution in [3.8, 4) is 0 Å². The molecule has 180 valence electrons. The average molecular weight is 472 g/mol. The molecule has 2 heterocycles. The summed E-state index contributed by atoms with van der Waals surface area (Å²) in [5, 5.41) is 2.93. The summed E-state index contributed by atoms with van der Waals surface area (Å²) >= 11 is 0. The summed E-state index contributed by atoms with van der Waals surface area (Å²) in [5.41, 5.74) is 1.64. The van der Waals surface area contributed by atoms with Crippen molar-refractivity contribution >= 4 is 23.4 Å². The van der Waals surface area contributed by atoms with E-state index in [4.69, 9.17) is 4.74 Å². The number of ether oxygens (including phenoxy) is 1. The molecule has 2 aliphatic heterocycles. The topological polar surface area (TPSA) is 79.0 Å². The highest BCUT2D eigenvalue weighted by atomic mass is 19.1. The molecule has 1 N–H and O–H groups in total. The number of halogens is 2. The van der Waals surface area contributed by atoms with Gasteiger partial charge in [0.25, 0.3) is 11.8 Å². The van der Waals surface area contributed by atoms with Crippen molar-refractivity contribution in [2.75, 3.05) is 44.7 Å². The van der Waals surface area contributed by atoms with Crippen LogP contribution in [0, 0.1) is 24.5 Å². The highest BCUT2D eigenvalue weighted by Gasteiger charge is 2.29. The van der Waals surface area contributed by atoms with Crippen LogP contribution in [0.4, 0.5) is 14.5 Å². The number of hydrogen-bond donors (Lipinski definition) is 1. The van der Waals surface area contributed by atoms with Gasteiger partial charge in [-0.05, 0) is 49.6 Å². The van der Waals surface area contributed by atoms with Crippen molar-refractivity contribution in [1.29, 1.82) is 0 Å². The zero-order valence-electron chi connectivity index (χ0n) is 19.0. The predicted molar refractivity (Wildman–Crippen MR) is 122 cm³/mol. The number of benzene rings is 2. The van der Waals surface area contributed by atoms with Crippen LogP contribution in [0.2, 0.25) is 0 Å². The number of morpholine rings is 1. The normalized spacial score (nSPS) is 16.9. The second kappa shape index (κ2) is 10.3. The lowest BCUT2D eigenvalue weighted by atomic mass is 9.95. The van der Waals surface area contributed by atoms with Crippen LogP contribution in [0.1, 0.15) is 39.1 Å². The maximum absolute atomic E-state index is 14.0. The quantitative estimate of drug-likeness (QED) is 0.743. The Hall–Kier alpha value is -3.33. The standard InChI is InChI=1S/C25H27F2N3O4/c1-16-19(24(32)30-11-13-34-14-12-30)3-2-4-22(16)28-23(31)17-7-9-29(10-8-17)25(33)20-6-5-18(26)15-21(20)27/h2-6,15,17H,7-14H2,1H3,(H,28,31). The Morgan fingerprint density at radius 3 is 2.24 bits per heavy atom. The van der Waals surface area contributed by atoms with Crippen LogP contribution in [-0.2, 0) is 9.53 Å². The zero-order chi connectivity index (χ0) is 24.2. The lowest BCUT2D eigenvalue weighted by Gasteiger charge is -2.31. The molecule has 2 aromatic carbocycles. The number of rotatable bonds is 4. The Morgan fingerprint density at radius 2 is 1.56 bits per heavy atom. The molecule has 4 rings (SSSR count). The molecule has 0 radical (unpaired) electrons. The molecule has 9 heteroatoms. The minimum atomic E-state index is -0.896. The van der Waals surface area contributed by atoms with Gasteiger partial charge in [-0.3, -0.25) is 14.4 Å². The SMILES string of the molecule is Cc1c(NC(=O)C2CCN(C(=O)c3ccc(F)cc3F)CC2)cccc1C(=O)N1CCOCC1. The first kappa shape index (κ1) is 23.8. The van der Waals surface area contributed by atoms with Gasteiger partial charge < -0.3 is 19.9 Å². The third-order valence-electron chi connectivity index (χ3n) is 6.43. The van der Waals surface area contributed by atoms with Crippen LogP contribution in [0.3, 0.4) is 0 Å². The average Bonchev–Trinajstić information content (AvgIpc) is 2.85. The zero-order valence-corrected chi connectivity index (χ0v) is 19.0. The molecule has 2 fully saturated rings. The molecule has 0 aliphatic carbocycles. The molecule has 0 spiro atoms. The van der Waals surface area contributed by atoms with E-state index in [0.717, 1.165) is 12.1 Å². The lowest BCUT2D eigenvalue weighted by molar-refractivity contribution is -0.121. The Balaban J connectivity index is 1.37. The van der Waals surface area contributed by atoms with Gasteiger partial charge in [0.2, 0.25) is 5.91 Å². The molecule has 0 saturated carbocycles. The van der Waals surface area contributed by atoms with Gasteiger partial charge in [-0.25, -0.2) is 8.78 Å². The van der Waals surface area contributed by atoms with Gasteiger partial charge in [-0.15, -0.1) is 0 Å². The molecule has 0 aromatic heterocycles. The van der Waals surface area contributed by atoms with Crippen LogP contribution in [0.25, 0.3) is 0 Å². The van der Waals surface area contributed by atoms with Gasteiger partial charge in [0.15, 0.2) is 0 Å². The summed E-state index contributed by atoms with van der Waals surface area (Å²) in [6.45, 7) is 4.49. The minimum Gasteiger partial charge on any atom is -0.378 e. The largest absolute Gasteiger partial charge is 0.378 e. The molecule has 2 saturated heterocycles. The third kappa shape index (κ3) is 5.09. The van der Waals surface area contributed by atoms with E-state index in [1.165, 1.54) is 4.90 Å². The summed E-state index contributed by atoms with van der Waals surface area (Å²) in [5.74, 6) is -2.74. The number of likely N-dealkylation sites (tertiary alicyclic amines) is 1. The van der Waals surface area contributed by atoms with Crippen LogP contribution < -0.4 is 5.32 Å². The van der Waals surface area contributed by atoms with Crippen molar-refractivity contribution in [3.63, 3.8) is 0 Å². The summed E-state index contributed by atoms with van der Waals surface area (Å²) in [7, 11) is 0. The number of amides is 3. The Bertz CT molecular complexity index is 1090. The van der Waals surface area contributed by atoms with E-state index in [0.29, 0.717) is 75.1 Å². The summed E-state index contributed by atoms with van der Waals surface area (Å²) in [4.78, 5) is 41.6. The first-order valence-electron chi connectivity index (χ1n) is 11.4. The van der Waals surface area contributed by atoms with Crippen molar-refractivity contribution in [2.24, 2.45) is 5.92 Å².